The van der Waals surface area contributed by atoms with Gasteiger partial charge >= 0.3 is 0 Å². The zero-order valence-electron chi connectivity index (χ0n) is 16.7. The first-order valence-corrected chi connectivity index (χ1v) is 9.68. The number of piperidine rings is 1. The molecule has 1 aromatic carbocycles. The number of aryl methyl sites for hydroxylation is 1. The minimum Gasteiger partial charge on any atom is -0.493 e. The highest BCUT2D eigenvalue weighted by Gasteiger charge is 2.27. The number of aromatic nitrogens is 2. The quantitative estimate of drug-likeness (QED) is 0.678. The number of ether oxygens (including phenoxy) is 2. The fourth-order valence-corrected chi connectivity index (χ4v) is 3.25. The average Bonchev–Trinajstić information content (AvgIpc) is 3.17. The Kier molecular flexibility index (Phi) is 6.68. The number of hydrogen-bond donors (Lipinski definition) is 0. The van der Waals surface area contributed by atoms with Gasteiger partial charge in [-0.15, -0.1) is 0 Å². The first kappa shape index (κ1) is 19.9. The number of carbonyl (C=O) groups is 1. The van der Waals surface area contributed by atoms with Crippen molar-refractivity contribution in [3.8, 4) is 11.5 Å². The molecule has 1 unspecified atom stereocenters. The van der Waals surface area contributed by atoms with Crippen molar-refractivity contribution in [2.45, 2.75) is 39.0 Å². The van der Waals surface area contributed by atoms with Crippen molar-refractivity contribution >= 4 is 12.0 Å². The number of nitrogens with zero attached hydrogens (tertiary/aromatic N) is 3. The van der Waals surface area contributed by atoms with Crippen molar-refractivity contribution in [2.75, 3.05) is 26.8 Å². The number of rotatable bonds is 7. The lowest BCUT2D eigenvalue weighted by molar-refractivity contribution is -0.127. The molecule has 7 nitrogen and oxygen atoms in total. The van der Waals surface area contributed by atoms with Crippen LogP contribution in [0.1, 0.15) is 49.4 Å². The van der Waals surface area contributed by atoms with Crippen molar-refractivity contribution in [3.05, 3.63) is 41.6 Å². The Morgan fingerprint density at radius 2 is 2.25 bits per heavy atom. The van der Waals surface area contributed by atoms with E-state index >= 15 is 0 Å². The standard InChI is InChI=1S/C21H27N3O4/c1-4-12-27-18-9-7-16(13-19(18)26-3)8-10-20(25)24-11-5-6-17(14-24)21-22-15(2)23-28-21/h7-10,13,17H,4-6,11-12,14H2,1-3H3. The molecule has 1 aliphatic rings. The van der Waals surface area contributed by atoms with Crippen LogP contribution in [0.5, 0.6) is 11.5 Å². The van der Waals surface area contributed by atoms with Crippen LogP contribution >= 0.6 is 0 Å². The van der Waals surface area contributed by atoms with Gasteiger partial charge in [0.25, 0.3) is 0 Å². The Bertz CT molecular complexity index is 831. The van der Waals surface area contributed by atoms with Crippen LogP contribution < -0.4 is 9.47 Å². The predicted octanol–water partition coefficient (Wildman–Crippen LogP) is 3.59. The fraction of sp³-hybridized carbons (Fsp3) is 0.476. The van der Waals surface area contributed by atoms with Gasteiger partial charge in [-0.3, -0.25) is 4.79 Å². The van der Waals surface area contributed by atoms with Gasteiger partial charge in [0.15, 0.2) is 17.3 Å². The van der Waals surface area contributed by atoms with Crippen LogP contribution in [-0.4, -0.2) is 47.8 Å². The molecule has 0 aliphatic carbocycles. The maximum absolute atomic E-state index is 12.6. The molecule has 0 bridgehead atoms. The largest absolute Gasteiger partial charge is 0.493 e. The molecule has 1 atom stereocenters. The lowest BCUT2D eigenvalue weighted by Crippen LogP contribution is -2.38. The van der Waals surface area contributed by atoms with Crippen LogP contribution in [0.4, 0.5) is 0 Å². The Morgan fingerprint density at radius 3 is 2.96 bits per heavy atom. The summed E-state index contributed by atoms with van der Waals surface area (Å²) in [6.07, 6.45) is 6.20. The molecule has 0 saturated carbocycles. The van der Waals surface area contributed by atoms with E-state index in [9.17, 15) is 4.79 Å². The number of carbonyl (C=O) groups excluding carboxylic acids is 1. The third kappa shape index (κ3) is 4.91. The summed E-state index contributed by atoms with van der Waals surface area (Å²) in [4.78, 5) is 18.8. The van der Waals surface area contributed by atoms with Gasteiger partial charge in [-0.1, -0.05) is 18.1 Å². The van der Waals surface area contributed by atoms with E-state index in [-0.39, 0.29) is 11.8 Å². The smallest absolute Gasteiger partial charge is 0.246 e. The average molecular weight is 385 g/mol. The topological polar surface area (TPSA) is 77.7 Å². The minimum atomic E-state index is -0.0220. The van der Waals surface area contributed by atoms with Crippen molar-refractivity contribution in [1.82, 2.24) is 15.0 Å². The second-order valence-corrected chi connectivity index (χ2v) is 6.90. The molecule has 1 aliphatic heterocycles. The maximum Gasteiger partial charge on any atom is 0.246 e. The Labute approximate surface area is 165 Å². The van der Waals surface area contributed by atoms with Crippen LogP contribution in [-0.2, 0) is 4.79 Å². The normalized spacial score (nSPS) is 17.1. The van der Waals surface area contributed by atoms with Gasteiger partial charge in [0.2, 0.25) is 11.8 Å². The SMILES string of the molecule is CCCOc1ccc(C=CC(=O)N2CCCC(c3nc(C)no3)C2)cc1OC. The molecule has 2 heterocycles. The Morgan fingerprint density at radius 1 is 1.39 bits per heavy atom. The fourth-order valence-electron chi connectivity index (χ4n) is 3.25. The van der Waals surface area contributed by atoms with E-state index in [1.165, 1.54) is 0 Å². The highest BCUT2D eigenvalue weighted by Crippen LogP contribution is 2.29. The van der Waals surface area contributed by atoms with E-state index < -0.39 is 0 Å². The monoisotopic (exact) mass is 385 g/mol. The Hall–Kier alpha value is -2.83. The first-order chi connectivity index (χ1) is 13.6. The molecule has 1 aromatic heterocycles. The van der Waals surface area contributed by atoms with Crippen LogP contribution in [0, 0.1) is 6.92 Å². The zero-order valence-corrected chi connectivity index (χ0v) is 16.7. The van der Waals surface area contributed by atoms with E-state index in [2.05, 4.69) is 17.1 Å². The second-order valence-electron chi connectivity index (χ2n) is 6.90. The molecule has 1 amide bonds. The summed E-state index contributed by atoms with van der Waals surface area (Å²) in [5.41, 5.74) is 0.884. The van der Waals surface area contributed by atoms with Crippen molar-refractivity contribution < 1.29 is 18.8 Å². The minimum absolute atomic E-state index is 0.0220. The third-order valence-electron chi connectivity index (χ3n) is 4.69. The van der Waals surface area contributed by atoms with Crippen molar-refractivity contribution in [3.63, 3.8) is 0 Å². The molecular weight excluding hydrogens is 358 g/mol. The van der Waals surface area contributed by atoms with E-state index in [4.69, 9.17) is 14.0 Å². The van der Waals surface area contributed by atoms with Crippen LogP contribution in [0.2, 0.25) is 0 Å². The zero-order chi connectivity index (χ0) is 19.9. The molecule has 0 radical (unpaired) electrons. The number of methoxy groups -OCH3 is 1. The molecule has 0 N–H and O–H groups in total. The highest BCUT2D eigenvalue weighted by atomic mass is 16.5. The van der Waals surface area contributed by atoms with E-state index in [0.717, 1.165) is 31.4 Å². The predicted molar refractivity (Wildman–Crippen MR) is 105 cm³/mol. The summed E-state index contributed by atoms with van der Waals surface area (Å²) in [6, 6.07) is 5.65. The van der Waals surface area contributed by atoms with Gasteiger partial charge in [-0.25, -0.2) is 0 Å². The van der Waals surface area contributed by atoms with Crippen LogP contribution in [0.3, 0.4) is 0 Å². The summed E-state index contributed by atoms with van der Waals surface area (Å²) >= 11 is 0. The third-order valence-corrected chi connectivity index (χ3v) is 4.69. The summed E-state index contributed by atoms with van der Waals surface area (Å²) in [7, 11) is 1.61. The molecule has 28 heavy (non-hydrogen) atoms. The first-order valence-electron chi connectivity index (χ1n) is 9.68. The van der Waals surface area contributed by atoms with Gasteiger partial charge in [-0.05, 0) is 50.0 Å². The van der Waals surface area contributed by atoms with E-state index in [1.807, 2.05) is 23.1 Å². The summed E-state index contributed by atoms with van der Waals surface area (Å²) in [5.74, 6) is 2.69. The number of benzene rings is 1. The molecule has 1 saturated heterocycles. The summed E-state index contributed by atoms with van der Waals surface area (Å²) < 4.78 is 16.3. The van der Waals surface area contributed by atoms with Gasteiger partial charge in [-0.2, -0.15) is 4.98 Å². The molecular formula is C21H27N3O4. The van der Waals surface area contributed by atoms with Crippen molar-refractivity contribution in [2.24, 2.45) is 0 Å². The van der Waals surface area contributed by atoms with Crippen molar-refractivity contribution in [1.29, 1.82) is 0 Å². The molecule has 3 rings (SSSR count). The molecule has 7 heteroatoms. The second kappa shape index (κ2) is 9.39. The molecule has 2 aromatic rings. The van der Waals surface area contributed by atoms with E-state index in [1.54, 1.807) is 26.2 Å². The number of likely N-dealkylation sites (tertiary alicyclic amines) is 1. The lowest BCUT2D eigenvalue weighted by Gasteiger charge is -2.30. The van der Waals surface area contributed by atoms with E-state index in [0.29, 0.717) is 36.4 Å². The Balaban J connectivity index is 1.64. The molecule has 1 fully saturated rings. The van der Waals surface area contributed by atoms with Crippen LogP contribution in [0.25, 0.3) is 6.08 Å². The van der Waals surface area contributed by atoms with Gasteiger partial charge in [0.1, 0.15) is 0 Å². The van der Waals surface area contributed by atoms with Gasteiger partial charge in [0.05, 0.1) is 19.6 Å². The van der Waals surface area contributed by atoms with Crippen LogP contribution in [0.15, 0.2) is 28.8 Å². The van der Waals surface area contributed by atoms with Gasteiger partial charge in [0, 0.05) is 19.2 Å². The van der Waals surface area contributed by atoms with Gasteiger partial charge < -0.3 is 18.9 Å². The molecule has 150 valence electrons. The number of amides is 1. The molecule has 0 spiro atoms. The maximum atomic E-state index is 12.6. The highest BCUT2D eigenvalue weighted by molar-refractivity contribution is 5.92. The lowest BCUT2D eigenvalue weighted by atomic mass is 9.98. The number of hydrogen-bond acceptors (Lipinski definition) is 6. The summed E-state index contributed by atoms with van der Waals surface area (Å²) in [5, 5.41) is 3.85. The summed E-state index contributed by atoms with van der Waals surface area (Å²) in [6.45, 7) is 5.83.